The molecule has 17 heavy (non-hydrogen) atoms. The van der Waals surface area contributed by atoms with Crippen molar-refractivity contribution in [2.24, 2.45) is 0 Å². The molecule has 1 aromatic carbocycles. The van der Waals surface area contributed by atoms with Gasteiger partial charge < -0.3 is 0 Å². The molecule has 2 rings (SSSR count). The third-order valence-corrected chi connectivity index (χ3v) is 3.30. The Balaban J connectivity index is 1.93. The summed E-state index contributed by atoms with van der Waals surface area (Å²) in [6.45, 7) is 2.86. The van der Waals surface area contributed by atoms with Gasteiger partial charge in [0.05, 0.1) is 0 Å². The Morgan fingerprint density at radius 2 is 2.41 bits per heavy atom. The van der Waals surface area contributed by atoms with Crippen LogP contribution >= 0.6 is 15.9 Å². The van der Waals surface area contributed by atoms with Gasteiger partial charge in [-0.3, -0.25) is 15.5 Å². The first kappa shape index (κ1) is 13.0. The standard InChI is InChI=1S/C12H17BrFN3/c13-11-3-1-2-10(8-11)9-17-7-6-16-12(17)15-5-4-14/h1-3,8,12,15-16H,4-7,9H2. The highest BCUT2D eigenvalue weighted by molar-refractivity contribution is 9.10. The van der Waals surface area contributed by atoms with Crippen molar-refractivity contribution in [1.82, 2.24) is 15.5 Å². The summed E-state index contributed by atoms with van der Waals surface area (Å²) in [5.41, 5.74) is 1.26. The Morgan fingerprint density at radius 3 is 3.18 bits per heavy atom. The van der Waals surface area contributed by atoms with Gasteiger partial charge in [-0.15, -0.1) is 0 Å². The van der Waals surface area contributed by atoms with Gasteiger partial charge in [-0.25, -0.2) is 4.39 Å². The Labute approximate surface area is 110 Å². The minimum Gasteiger partial charge on any atom is -0.288 e. The van der Waals surface area contributed by atoms with Crippen LogP contribution in [-0.2, 0) is 6.54 Å². The first-order valence-electron chi connectivity index (χ1n) is 5.81. The van der Waals surface area contributed by atoms with E-state index in [2.05, 4.69) is 43.6 Å². The number of hydrogen-bond donors (Lipinski definition) is 2. The van der Waals surface area contributed by atoms with E-state index in [1.807, 2.05) is 12.1 Å². The molecule has 1 aliphatic heterocycles. The fourth-order valence-corrected chi connectivity index (χ4v) is 2.48. The second-order valence-corrected chi connectivity index (χ2v) is 5.02. The summed E-state index contributed by atoms with van der Waals surface area (Å²) in [6.07, 6.45) is 0.0877. The van der Waals surface area contributed by atoms with E-state index in [0.717, 1.165) is 24.1 Å². The van der Waals surface area contributed by atoms with E-state index >= 15 is 0 Å². The van der Waals surface area contributed by atoms with Crippen LogP contribution < -0.4 is 10.6 Å². The molecule has 1 saturated heterocycles. The maximum absolute atomic E-state index is 12.1. The molecule has 0 saturated carbocycles. The molecule has 2 N–H and O–H groups in total. The van der Waals surface area contributed by atoms with Crippen molar-refractivity contribution in [1.29, 1.82) is 0 Å². The normalized spacial score (nSPS) is 20.9. The van der Waals surface area contributed by atoms with Gasteiger partial charge in [0.2, 0.25) is 0 Å². The van der Waals surface area contributed by atoms with Crippen molar-refractivity contribution in [2.45, 2.75) is 12.8 Å². The Kier molecular flexibility index (Phi) is 4.91. The van der Waals surface area contributed by atoms with E-state index in [9.17, 15) is 4.39 Å². The molecule has 1 aromatic rings. The zero-order chi connectivity index (χ0) is 12.1. The molecule has 1 heterocycles. The Morgan fingerprint density at radius 1 is 1.53 bits per heavy atom. The highest BCUT2D eigenvalue weighted by Gasteiger charge is 2.22. The SMILES string of the molecule is FCCNC1NCCN1Cc1cccc(Br)c1. The largest absolute Gasteiger partial charge is 0.288 e. The number of benzene rings is 1. The van der Waals surface area contributed by atoms with Gasteiger partial charge in [-0.2, -0.15) is 0 Å². The zero-order valence-corrected chi connectivity index (χ0v) is 11.2. The molecule has 1 fully saturated rings. The molecule has 0 aliphatic carbocycles. The Hall–Kier alpha value is -0.490. The molecule has 94 valence electrons. The minimum atomic E-state index is -0.330. The third kappa shape index (κ3) is 3.74. The van der Waals surface area contributed by atoms with E-state index in [4.69, 9.17) is 0 Å². The fourth-order valence-electron chi connectivity index (χ4n) is 2.04. The summed E-state index contributed by atoms with van der Waals surface area (Å²) >= 11 is 3.47. The van der Waals surface area contributed by atoms with Gasteiger partial charge >= 0.3 is 0 Å². The lowest BCUT2D eigenvalue weighted by molar-refractivity contribution is 0.193. The highest BCUT2D eigenvalue weighted by Crippen LogP contribution is 2.14. The molecule has 0 radical (unpaired) electrons. The third-order valence-electron chi connectivity index (χ3n) is 2.81. The van der Waals surface area contributed by atoms with Gasteiger partial charge in [-0.05, 0) is 17.7 Å². The fraction of sp³-hybridized carbons (Fsp3) is 0.500. The molecule has 0 aromatic heterocycles. The van der Waals surface area contributed by atoms with Crippen molar-refractivity contribution >= 4 is 15.9 Å². The maximum Gasteiger partial charge on any atom is 0.114 e. The molecule has 3 nitrogen and oxygen atoms in total. The molecule has 0 amide bonds. The van der Waals surface area contributed by atoms with Crippen molar-refractivity contribution in [2.75, 3.05) is 26.3 Å². The van der Waals surface area contributed by atoms with Gasteiger partial charge in [0.25, 0.3) is 0 Å². The summed E-state index contributed by atoms with van der Waals surface area (Å²) in [5.74, 6) is 0. The van der Waals surface area contributed by atoms with Gasteiger partial charge in [0.15, 0.2) is 0 Å². The molecule has 0 spiro atoms. The van der Waals surface area contributed by atoms with Crippen LogP contribution in [0.2, 0.25) is 0 Å². The quantitative estimate of drug-likeness (QED) is 0.867. The van der Waals surface area contributed by atoms with Crippen LogP contribution in [0.3, 0.4) is 0 Å². The number of nitrogens with one attached hydrogen (secondary N) is 2. The summed E-state index contributed by atoms with van der Waals surface area (Å²) in [5, 5.41) is 6.46. The van der Waals surface area contributed by atoms with E-state index < -0.39 is 0 Å². The van der Waals surface area contributed by atoms with Crippen LogP contribution in [0.4, 0.5) is 4.39 Å². The molecule has 5 heteroatoms. The van der Waals surface area contributed by atoms with Crippen LogP contribution in [0, 0.1) is 0 Å². The smallest absolute Gasteiger partial charge is 0.114 e. The molecule has 1 unspecified atom stereocenters. The lowest BCUT2D eigenvalue weighted by Gasteiger charge is -2.24. The van der Waals surface area contributed by atoms with Crippen LogP contribution in [0.1, 0.15) is 5.56 Å². The second-order valence-electron chi connectivity index (χ2n) is 4.10. The highest BCUT2D eigenvalue weighted by atomic mass is 79.9. The average molecular weight is 302 g/mol. The number of hydrogen-bond acceptors (Lipinski definition) is 3. The van der Waals surface area contributed by atoms with Gasteiger partial charge in [0, 0.05) is 30.7 Å². The van der Waals surface area contributed by atoms with E-state index in [1.54, 1.807) is 0 Å². The van der Waals surface area contributed by atoms with Crippen LogP contribution in [-0.4, -0.2) is 37.5 Å². The van der Waals surface area contributed by atoms with E-state index in [1.165, 1.54) is 5.56 Å². The second kappa shape index (κ2) is 6.44. The van der Waals surface area contributed by atoms with Crippen LogP contribution in [0.15, 0.2) is 28.7 Å². The van der Waals surface area contributed by atoms with Crippen LogP contribution in [0.5, 0.6) is 0 Å². The number of rotatable bonds is 5. The lowest BCUT2D eigenvalue weighted by atomic mass is 10.2. The Bertz CT molecular complexity index is 361. The van der Waals surface area contributed by atoms with Crippen molar-refractivity contribution in [3.8, 4) is 0 Å². The summed E-state index contributed by atoms with van der Waals surface area (Å²) in [4.78, 5) is 2.28. The molecule has 0 bridgehead atoms. The van der Waals surface area contributed by atoms with Crippen molar-refractivity contribution in [3.05, 3.63) is 34.3 Å². The zero-order valence-electron chi connectivity index (χ0n) is 9.63. The minimum absolute atomic E-state index is 0.0877. The summed E-state index contributed by atoms with van der Waals surface area (Å²) < 4.78 is 13.2. The lowest BCUT2D eigenvalue weighted by Crippen LogP contribution is -2.48. The predicted octanol–water partition coefficient (Wildman–Crippen LogP) is 1.70. The first-order chi connectivity index (χ1) is 8.29. The van der Waals surface area contributed by atoms with E-state index in [-0.39, 0.29) is 13.0 Å². The number of alkyl halides is 1. The van der Waals surface area contributed by atoms with Gasteiger partial charge in [0.1, 0.15) is 13.0 Å². The molecular formula is C12H17BrFN3. The van der Waals surface area contributed by atoms with Crippen molar-refractivity contribution in [3.63, 3.8) is 0 Å². The predicted molar refractivity (Wildman–Crippen MR) is 70.3 cm³/mol. The number of nitrogens with zero attached hydrogens (tertiary/aromatic N) is 1. The summed E-state index contributed by atoms with van der Waals surface area (Å²) in [7, 11) is 0. The average Bonchev–Trinajstić information content (AvgIpc) is 2.74. The van der Waals surface area contributed by atoms with Crippen LogP contribution in [0.25, 0.3) is 0 Å². The first-order valence-corrected chi connectivity index (χ1v) is 6.60. The number of halogens is 2. The molecular weight excluding hydrogens is 285 g/mol. The molecule has 1 aliphatic rings. The van der Waals surface area contributed by atoms with E-state index in [0.29, 0.717) is 6.54 Å². The van der Waals surface area contributed by atoms with Gasteiger partial charge in [-0.1, -0.05) is 28.1 Å². The molecule has 1 atom stereocenters. The summed E-state index contributed by atoms with van der Waals surface area (Å²) in [6, 6.07) is 8.28. The maximum atomic E-state index is 12.1. The topological polar surface area (TPSA) is 27.3 Å². The van der Waals surface area contributed by atoms with Crippen molar-refractivity contribution < 1.29 is 4.39 Å². The monoisotopic (exact) mass is 301 g/mol.